The summed E-state index contributed by atoms with van der Waals surface area (Å²) in [5.41, 5.74) is 1.79. The molecule has 0 fully saturated rings. The van der Waals surface area contributed by atoms with Crippen molar-refractivity contribution in [2.75, 3.05) is 37.6 Å². The number of anilines is 1. The second-order valence-corrected chi connectivity index (χ2v) is 5.70. The maximum absolute atomic E-state index is 11.2. The molecule has 0 atom stereocenters. The highest BCUT2D eigenvalue weighted by molar-refractivity contribution is 9.10. The van der Waals surface area contributed by atoms with Crippen LogP contribution < -0.4 is 4.90 Å². The molecule has 0 spiro atoms. The number of aldehydes is 1. The lowest BCUT2D eigenvalue weighted by Gasteiger charge is -2.26. The van der Waals surface area contributed by atoms with Crippen molar-refractivity contribution in [1.29, 1.82) is 0 Å². The molecule has 3 nitrogen and oxygen atoms in total. The number of nitrogens with zero attached hydrogens (tertiary/aromatic N) is 2. The molecule has 0 aliphatic heterocycles. The topological polar surface area (TPSA) is 23.6 Å². The molecule has 112 valence electrons. The highest BCUT2D eigenvalue weighted by Gasteiger charge is 2.10. The summed E-state index contributed by atoms with van der Waals surface area (Å²) in [5.74, 6) is 0. The normalized spacial score (nSPS) is 10.8. The van der Waals surface area contributed by atoms with E-state index in [1.807, 2.05) is 18.2 Å². The maximum atomic E-state index is 11.2. The van der Waals surface area contributed by atoms with E-state index >= 15 is 0 Å². The lowest BCUT2D eigenvalue weighted by molar-refractivity contribution is 0.112. The van der Waals surface area contributed by atoms with Gasteiger partial charge in [-0.25, -0.2) is 0 Å². The van der Waals surface area contributed by atoms with E-state index in [1.54, 1.807) is 0 Å². The van der Waals surface area contributed by atoms with Crippen LogP contribution in [0.4, 0.5) is 5.69 Å². The molecule has 0 saturated heterocycles. The molecule has 1 rings (SSSR count). The maximum Gasteiger partial charge on any atom is 0.152 e. The van der Waals surface area contributed by atoms with Gasteiger partial charge >= 0.3 is 0 Å². The van der Waals surface area contributed by atoms with Crippen molar-refractivity contribution < 1.29 is 4.79 Å². The molecule has 0 amide bonds. The van der Waals surface area contributed by atoms with Crippen molar-refractivity contribution in [3.63, 3.8) is 0 Å². The first-order chi connectivity index (χ1) is 9.65. The van der Waals surface area contributed by atoms with Gasteiger partial charge in [0.15, 0.2) is 6.29 Å². The van der Waals surface area contributed by atoms with Crippen molar-refractivity contribution in [2.45, 2.75) is 27.2 Å². The number of hydrogen-bond acceptors (Lipinski definition) is 3. The van der Waals surface area contributed by atoms with Gasteiger partial charge in [-0.15, -0.1) is 0 Å². The molecule has 0 bridgehead atoms. The first kappa shape index (κ1) is 17.2. The Morgan fingerprint density at radius 3 is 2.35 bits per heavy atom. The van der Waals surface area contributed by atoms with Crippen LogP contribution in [0.1, 0.15) is 37.6 Å². The Labute approximate surface area is 131 Å². The van der Waals surface area contributed by atoms with E-state index in [9.17, 15) is 4.79 Å². The highest BCUT2D eigenvalue weighted by atomic mass is 79.9. The van der Waals surface area contributed by atoms with Crippen molar-refractivity contribution >= 4 is 27.9 Å². The summed E-state index contributed by atoms with van der Waals surface area (Å²) >= 11 is 3.41. The number of benzene rings is 1. The average Bonchev–Trinajstić information content (AvgIpc) is 2.48. The minimum atomic E-state index is 0.754. The third-order valence-corrected chi connectivity index (χ3v) is 4.13. The van der Waals surface area contributed by atoms with Crippen LogP contribution in [0.3, 0.4) is 0 Å². The molecule has 0 unspecified atom stereocenters. The Bertz CT molecular complexity index is 419. The van der Waals surface area contributed by atoms with Crippen LogP contribution in [0.15, 0.2) is 22.7 Å². The summed E-state index contributed by atoms with van der Waals surface area (Å²) in [6, 6.07) is 5.90. The van der Waals surface area contributed by atoms with Gasteiger partial charge in [0.2, 0.25) is 0 Å². The zero-order chi connectivity index (χ0) is 15.0. The van der Waals surface area contributed by atoms with Crippen LogP contribution in [0.2, 0.25) is 0 Å². The van der Waals surface area contributed by atoms with Crippen LogP contribution in [0.25, 0.3) is 0 Å². The summed E-state index contributed by atoms with van der Waals surface area (Å²) in [6.07, 6.45) is 2.05. The van der Waals surface area contributed by atoms with Crippen molar-refractivity contribution in [2.24, 2.45) is 0 Å². The van der Waals surface area contributed by atoms with Crippen LogP contribution in [0, 0.1) is 0 Å². The van der Waals surface area contributed by atoms with Crippen molar-refractivity contribution in [1.82, 2.24) is 4.90 Å². The molecule has 4 heteroatoms. The minimum Gasteiger partial charge on any atom is -0.371 e. The lowest BCUT2D eigenvalue weighted by Crippen LogP contribution is -2.30. The predicted molar refractivity (Wildman–Crippen MR) is 89.8 cm³/mol. The van der Waals surface area contributed by atoms with E-state index in [-0.39, 0.29) is 0 Å². The molecule has 0 aliphatic rings. The first-order valence-corrected chi connectivity index (χ1v) is 8.17. The average molecular weight is 341 g/mol. The van der Waals surface area contributed by atoms with Crippen LogP contribution >= 0.6 is 15.9 Å². The second-order valence-electron chi connectivity index (χ2n) is 4.78. The molecule has 0 aliphatic carbocycles. The Balaban J connectivity index is 2.69. The highest BCUT2D eigenvalue weighted by Crippen LogP contribution is 2.23. The molecular formula is C16H25BrN2O. The molecule has 0 saturated carbocycles. The van der Waals surface area contributed by atoms with Crippen LogP contribution in [-0.4, -0.2) is 43.9 Å². The molecule has 0 aromatic heterocycles. The van der Waals surface area contributed by atoms with Gasteiger partial charge in [-0.3, -0.25) is 4.79 Å². The summed E-state index contributed by atoms with van der Waals surface area (Å²) in [6.45, 7) is 11.7. The number of halogens is 1. The van der Waals surface area contributed by atoms with Gasteiger partial charge in [-0.05, 0) is 51.2 Å². The predicted octanol–water partition coefficient (Wildman–Crippen LogP) is 3.82. The zero-order valence-corrected chi connectivity index (χ0v) is 14.3. The van der Waals surface area contributed by atoms with Gasteiger partial charge in [-0.2, -0.15) is 0 Å². The first-order valence-electron chi connectivity index (χ1n) is 7.38. The Morgan fingerprint density at radius 1 is 1.10 bits per heavy atom. The van der Waals surface area contributed by atoms with Crippen molar-refractivity contribution in [3.05, 3.63) is 28.2 Å². The number of hydrogen-bond donors (Lipinski definition) is 0. The van der Waals surface area contributed by atoms with E-state index in [1.165, 1.54) is 0 Å². The van der Waals surface area contributed by atoms with Gasteiger partial charge in [0.25, 0.3) is 0 Å². The molecular weight excluding hydrogens is 316 g/mol. The molecule has 0 N–H and O–H groups in total. The monoisotopic (exact) mass is 340 g/mol. The summed E-state index contributed by atoms with van der Waals surface area (Å²) in [7, 11) is 0. The fourth-order valence-electron chi connectivity index (χ4n) is 2.38. The Hall–Kier alpha value is -0.870. The van der Waals surface area contributed by atoms with Gasteiger partial charge in [0.1, 0.15) is 0 Å². The van der Waals surface area contributed by atoms with Gasteiger partial charge in [0.05, 0.1) is 0 Å². The number of carbonyl (C=O) groups excluding carboxylic acids is 1. The molecule has 1 aromatic carbocycles. The van der Waals surface area contributed by atoms with Gasteiger partial charge < -0.3 is 9.80 Å². The zero-order valence-electron chi connectivity index (χ0n) is 12.7. The number of carbonyl (C=O) groups is 1. The fourth-order valence-corrected chi connectivity index (χ4v) is 2.76. The standard InChI is InChI=1S/C16H25BrN2O/c1-4-18(5-2)10-7-11-19(6-3)16-9-8-15(17)12-14(16)13-20/h8-9,12-13H,4-7,10-11H2,1-3H3. The van der Waals surface area contributed by atoms with Gasteiger partial charge in [-0.1, -0.05) is 29.8 Å². The van der Waals surface area contributed by atoms with E-state index in [0.717, 1.165) is 61.2 Å². The largest absolute Gasteiger partial charge is 0.371 e. The summed E-state index contributed by atoms with van der Waals surface area (Å²) < 4.78 is 0.947. The molecule has 1 aromatic rings. The van der Waals surface area contributed by atoms with Crippen molar-refractivity contribution in [3.8, 4) is 0 Å². The third-order valence-electron chi connectivity index (χ3n) is 3.64. The van der Waals surface area contributed by atoms with E-state index < -0.39 is 0 Å². The smallest absolute Gasteiger partial charge is 0.152 e. The van der Waals surface area contributed by atoms with E-state index in [4.69, 9.17) is 0 Å². The summed E-state index contributed by atoms with van der Waals surface area (Å²) in [4.78, 5) is 15.9. The quantitative estimate of drug-likeness (QED) is 0.638. The summed E-state index contributed by atoms with van der Waals surface area (Å²) in [5, 5.41) is 0. The van der Waals surface area contributed by atoms with E-state index in [0.29, 0.717) is 0 Å². The minimum absolute atomic E-state index is 0.754. The molecule has 0 heterocycles. The Morgan fingerprint density at radius 2 is 1.80 bits per heavy atom. The Kier molecular flexibility index (Phi) is 7.85. The third kappa shape index (κ3) is 4.91. The number of rotatable bonds is 9. The molecule has 20 heavy (non-hydrogen) atoms. The van der Waals surface area contributed by atoms with Crippen LogP contribution in [0.5, 0.6) is 0 Å². The van der Waals surface area contributed by atoms with Crippen LogP contribution in [-0.2, 0) is 0 Å². The van der Waals surface area contributed by atoms with E-state index in [2.05, 4.69) is 46.5 Å². The SMILES string of the molecule is CCN(CC)CCCN(CC)c1ccc(Br)cc1C=O. The fraction of sp³-hybridized carbons (Fsp3) is 0.562. The molecule has 0 radical (unpaired) electrons. The van der Waals surface area contributed by atoms with Gasteiger partial charge in [0, 0.05) is 28.8 Å². The second kappa shape index (κ2) is 9.14. The lowest BCUT2D eigenvalue weighted by atomic mass is 10.1.